The van der Waals surface area contributed by atoms with Crippen LogP contribution >= 0.6 is 0 Å². The summed E-state index contributed by atoms with van der Waals surface area (Å²) in [4.78, 5) is 7.31. The number of nitrogens with zero attached hydrogens (tertiary/aromatic N) is 2. The Morgan fingerprint density at radius 3 is 2.09 bits per heavy atom. The molecule has 0 saturated carbocycles. The number of aliphatic imine (C=N–C) groups is 1. The van der Waals surface area contributed by atoms with Gasteiger partial charge in [0.1, 0.15) is 5.84 Å². The molecule has 2 nitrogen and oxygen atoms in total. The van der Waals surface area contributed by atoms with Crippen LogP contribution in [0.3, 0.4) is 0 Å². The molecule has 1 aliphatic rings. The van der Waals surface area contributed by atoms with Crippen molar-refractivity contribution < 1.29 is 0 Å². The minimum Gasteiger partial charge on any atom is -0.322 e. The summed E-state index contributed by atoms with van der Waals surface area (Å²) >= 11 is 0. The molecule has 3 rings (SSSR count). The molecule has 1 atom stereocenters. The van der Waals surface area contributed by atoms with Gasteiger partial charge in [0.25, 0.3) is 0 Å². The van der Waals surface area contributed by atoms with E-state index < -0.39 is 0 Å². The van der Waals surface area contributed by atoms with Crippen LogP contribution < -0.4 is 4.90 Å². The molecule has 1 unspecified atom stereocenters. The zero-order valence-corrected chi connectivity index (χ0v) is 13.7. The Kier molecular flexibility index (Phi) is 4.02. The minimum atomic E-state index is 0.0310. The highest BCUT2D eigenvalue weighted by Crippen LogP contribution is 2.37. The highest BCUT2D eigenvalue weighted by atomic mass is 15.2. The van der Waals surface area contributed by atoms with E-state index in [2.05, 4.69) is 86.3 Å². The van der Waals surface area contributed by atoms with Crippen molar-refractivity contribution in [2.45, 2.75) is 33.2 Å². The molecule has 114 valence electrons. The van der Waals surface area contributed by atoms with E-state index in [4.69, 9.17) is 4.99 Å². The summed E-state index contributed by atoms with van der Waals surface area (Å²) < 4.78 is 0. The van der Waals surface area contributed by atoms with E-state index in [1.165, 1.54) is 17.1 Å². The van der Waals surface area contributed by atoms with Crippen molar-refractivity contribution in [3.63, 3.8) is 0 Å². The van der Waals surface area contributed by atoms with Crippen molar-refractivity contribution in [3.05, 3.63) is 66.2 Å². The van der Waals surface area contributed by atoms with Crippen molar-refractivity contribution in [1.82, 2.24) is 0 Å². The molecule has 2 heteroatoms. The molecule has 2 aromatic rings. The van der Waals surface area contributed by atoms with E-state index in [9.17, 15) is 0 Å². The first-order chi connectivity index (χ1) is 10.6. The van der Waals surface area contributed by atoms with Gasteiger partial charge in [-0.15, -0.1) is 0 Å². The summed E-state index contributed by atoms with van der Waals surface area (Å²) in [6.07, 6.45) is 1.05. The molecule has 2 aromatic carbocycles. The third kappa shape index (κ3) is 2.92. The molecule has 0 aliphatic carbocycles. The number of hydrogen-bond acceptors (Lipinski definition) is 2. The van der Waals surface area contributed by atoms with Crippen molar-refractivity contribution in [3.8, 4) is 0 Å². The Morgan fingerprint density at radius 2 is 1.50 bits per heavy atom. The third-order valence-electron chi connectivity index (χ3n) is 4.09. The van der Waals surface area contributed by atoms with Crippen LogP contribution in [-0.2, 0) is 0 Å². The molecule has 22 heavy (non-hydrogen) atoms. The molecule has 0 amide bonds. The lowest BCUT2D eigenvalue weighted by molar-refractivity contribution is 0.526. The standard InChI is InChI=1S/C20H24N2/c1-20(2,3)19-21-15-14-18(16-10-6-4-7-11-16)22(19)17-12-8-5-9-13-17/h4-13,18H,14-15H2,1-3H3. The van der Waals surface area contributed by atoms with E-state index in [-0.39, 0.29) is 5.41 Å². The lowest BCUT2D eigenvalue weighted by Crippen LogP contribution is -2.45. The number of hydrogen-bond donors (Lipinski definition) is 0. The van der Waals surface area contributed by atoms with Crippen LogP contribution in [0, 0.1) is 5.41 Å². The van der Waals surface area contributed by atoms with Gasteiger partial charge in [-0.2, -0.15) is 0 Å². The van der Waals surface area contributed by atoms with Crippen molar-refractivity contribution in [1.29, 1.82) is 0 Å². The van der Waals surface area contributed by atoms with E-state index in [0.29, 0.717) is 6.04 Å². The Bertz CT molecular complexity index is 638. The summed E-state index contributed by atoms with van der Waals surface area (Å²) in [6, 6.07) is 21.8. The van der Waals surface area contributed by atoms with Gasteiger partial charge < -0.3 is 4.90 Å². The molecule has 0 bridgehead atoms. The molecule has 0 saturated heterocycles. The molecule has 1 aliphatic heterocycles. The van der Waals surface area contributed by atoms with E-state index in [1.807, 2.05) is 0 Å². The number of anilines is 1. The largest absolute Gasteiger partial charge is 0.322 e. The fourth-order valence-corrected chi connectivity index (χ4v) is 3.13. The van der Waals surface area contributed by atoms with Crippen LogP contribution in [0.25, 0.3) is 0 Å². The first kappa shape index (κ1) is 14.8. The minimum absolute atomic E-state index is 0.0310. The van der Waals surface area contributed by atoms with Gasteiger partial charge in [0.2, 0.25) is 0 Å². The summed E-state index contributed by atoms with van der Waals surface area (Å²) in [6.45, 7) is 7.63. The second-order valence-corrected chi connectivity index (χ2v) is 6.88. The summed E-state index contributed by atoms with van der Waals surface area (Å²) in [5, 5.41) is 0. The lowest BCUT2D eigenvalue weighted by atomic mass is 9.89. The van der Waals surface area contributed by atoms with Crippen LogP contribution in [0.5, 0.6) is 0 Å². The molecule has 0 spiro atoms. The molecular formula is C20H24N2. The molecule has 0 radical (unpaired) electrons. The van der Waals surface area contributed by atoms with Crippen molar-refractivity contribution >= 4 is 11.5 Å². The number of rotatable bonds is 2. The van der Waals surface area contributed by atoms with Gasteiger partial charge in [-0.05, 0) is 24.1 Å². The zero-order chi connectivity index (χ0) is 15.6. The second-order valence-electron chi connectivity index (χ2n) is 6.88. The van der Waals surface area contributed by atoms with Crippen LogP contribution in [-0.4, -0.2) is 12.4 Å². The van der Waals surface area contributed by atoms with Crippen LogP contribution in [0.4, 0.5) is 5.69 Å². The van der Waals surface area contributed by atoms with Gasteiger partial charge >= 0.3 is 0 Å². The Morgan fingerprint density at radius 1 is 0.909 bits per heavy atom. The normalized spacial score (nSPS) is 19.0. The maximum atomic E-state index is 4.88. The van der Waals surface area contributed by atoms with Crippen LogP contribution in [0.1, 0.15) is 38.8 Å². The number of benzene rings is 2. The predicted octanol–water partition coefficient (Wildman–Crippen LogP) is 5.08. The highest BCUT2D eigenvalue weighted by molar-refractivity contribution is 6.02. The van der Waals surface area contributed by atoms with Gasteiger partial charge in [0.05, 0.1) is 6.04 Å². The molecule has 0 fully saturated rings. The summed E-state index contributed by atoms with van der Waals surface area (Å²) in [5.74, 6) is 1.18. The first-order valence-electron chi connectivity index (χ1n) is 8.01. The first-order valence-corrected chi connectivity index (χ1v) is 8.01. The van der Waals surface area contributed by atoms with E-state index >= 15 is 0 Å². The quantitative estimate of drug-likeness (QED) is 0.753. The fraction of sp³-hybridized carbons (Fsp3) is 0.350. The second kappa shape index (κ2) is 5.96. The molecule has 0 aromatic heterocycles. The predicted molar refractivity (Wildman–Crippen MR) is 94.5 cm³/mol. The van der Waals surface area contributed by atoms with Gasteiger partial charge in [0.15, 0.2) is 0 Å². The van der Waals surface area contributed by atoms with Gasteiger partial charge in [-0.3, -0.25) is 4.99 Å². The average molecular weight is 292 g/mol. The Hall–Kier alpha value is -2.09. The van der Waals surface area contributed by atoms with Crippen molar-refractivity contribution in [2.24, 2.45) is 10.4 Å². The highest BCUT2D eigenvalue weighted by Gasteiger charge is 2.34. The number of amidine groups is 1. The number of para-hydroxylation sites is 1. The maximum Gasteiger partial charge on any atom is 0.109 e. The van der Waals surface area contributed by atoms with Crippen molar-refractivity contribution in [2.75, 3.05) is 11.4 Å². The van der Waals surface area contributed by atoms with Crippen LogP contribution in [0.2, 0.25) is 0 Å². The van der Waals surface area contributed by atoms with Gasteiger partial charge in [-0.25, -0.2) is 0 Å². The molecular weight excluding hydrogens is 268 g/mol. The topological polar surface area (TPSA) is 15.6 Å². The monoisotopic (exact) mass is 292 g/mol. The lowest BCUT2D eigenvalue weighted by Gasteiger charge is -2.42. The maximum absolute atomic E-state index is 4.88. The van der Waals surface area contributed by atoms with Gasteiger partial charge in [0, 0.05) is 17.6 Å². The summed E-state index contributed by atoms with van der Waals surface area (Å²) in [5.41, 5.74) is 2.62. The fourth-order valence-electron chi connectivity index (χ4n) is 3.13. The molecule has 1 heterocycles. The average Bonchev–Trinajstić information content (AvgIpc) is 2.55. The smallest absolute Gasteiger partial charge is 0.109 e. The van der Waals surface area contributed by atoms with Crippen LogP contribution in [0.15, 0.2) is 65.7 Å². The Labute approximate surface area is 133 Å². The van der Waals surface area contributed by atoms with Gasteiger partial charge in [-0.1, -0.05) is 69.3 Å². The SMILES string of the molecule is CC(C)(C)C1=NCCC(c2ccccc2)N1c1ccccc1. The van der Waals surface area contributed by atoms with E-state index in [0.717, 1.165) is 13.0 Å². The molecule has 0 N–H and O–H groups in total. The Balaban J connectivity index is 2.09. The zero-order valence-electron chi connectivity index (χ0n) is 13.7. The van der Waals surface area contributed by atoms with E-state index in [1.54, 1.807) is 0 Å². The third-order valence-corrected chi connectivity index (χ3v) is 4.09. The summed E-state index contributed by atoms with van der Waals surface area (Å²) in [7, 11) is 0.